The van der Waals surface area contributed by atoms with E-state index < -0.39 is 35.8 Å². The fourth-order valence-corrected chi connectivity index (χ4v) is 1.73. The minimum atomic E-state index is -1.25. The Bertz CT molecular complexity index is 547. The van der Waals surface area contributed by atoms with E-state index in [1.807, 2.05) is 20.8 Å². The average Bonchev–Trinajstić information content (AvgIpc) is 2.28. The van der Waals surface area contributed by atoms with Crippen molar-refractivity contribution in [3.8, 4) is 0 Å². The summed E-state index contributed by atoms with van der Waals surface area (Å²) in [6, 6.07) is 0. The number of hydroxylamine groups is 2. The van der Waals surface area contributed by atoms with Crippen LogP contribution in [0.5, 0.6) is 0 Å². The SMILES string of the molecule is CC(C)(C)CC(=O)CC(=O)N(OC(=O)OC(C)(C)C)C(=O)OC(C)(C)C. The molecule has 0 radical (unpaired) electrons. The molecule has 0 unspecified atom stereocenters. The van der Waals surface area contributed by atoms with Crippen molar-refractivity contribution in [1.82, 2.24) is 5.06 Å². The summed E-state index contributed by atoms with van der Waals surface area (Å²) < 4.78 is 9.99. The molecular formula is C18H31NO7. The Labute approximate surface area is 155 Å². The van der Waals surface area contributed by atoms with E-state index in [0.717, 1.165) is 0 Å². The van der Waals surface area contributed by atoms with Crippen LogP contribution in [0, 0.1) is 5.41 Å². The number of hydrogen-bond acceptors (Lipinski definition) is 7. The van der Waals surface area contributed by atoms with Gasteiger partial charge in [0.2, 0.25) is 0 Å². The number of imide groups is 1. The molecule has 0 aromatic heterocycles. The first-order valence-electron chi connectivity index (χ1n) is 8.38. The van der Waals surface area contributed by atoms with E-state index in [0.29, 0.717) is 0 Å². The van der Waals surface area contributed by atoms with Crippen LogP contribution < -0.4 is 0 Å². The molecule has 0 fully saturated rings. The Kier molecular flexibility index (Phi) is 7.81. The molecule has 0 aromatic rings. The molecule has 0 aliphatic heterocycles. The molecule has 0 spiro atoms. The molecule has 0 saturated carbocycles. The lowest BCUT2D eigenvalue weighted by Crippen LogP contribution is -2.44. The molecule has 8 heteroatoms. The predicted molar refractivity (Wildman–Crippen MR) is 94.1 cm³/mol. The molecule has 0 bridgehead atoms. The van der Waals surface area contributed by atoms with Gasteiger partial charge in [-0.25, -0.2) is 9.59 Å². The summed E-state index contributed by atoms with van der Waals surface area (Å²) in [6.45, 7) is 15.1. The zero-order valence-electron chi connectivity index (χ0n) is 17.2. The Morgan fingerprint density at radius 2 is 1.23 bits per heavy atom. The lowest BCUT2D eigenvalue weighted by atomic mass is 9.89. The summed E-state index contributed by atoms with van der Waals surface area (Å²) in [5.74, 6) is -1.39. The molecule has 0 N–H and O–H groups in total. The van der Waals surface area contributed by atoms with Crippen LogP contribution in [0.2, 0.25) is 0 Å². The number of ether oxygens (including phenoxy) is 2. The maximum absolute atomic E-state index is 12.3. The molecule has 0 aromatic carbocycles. The molecular weight excluding hydrogens is 342 g/mol. The second-order valence-corrected chi connectivity index (χ2v) is 9.18. The van der Waals surface area contributed by atoms with Gasteiger partial charge in [0.25, 0.3) is 5.91 Å². The van der Waals surface area contributed by atoms with Crippen LogP contribution in [0.4, 0.5) is 9.59 Å². The van der Waals surface area contributed by atoms with Crippen molar-refractivity contribution in [1.29, 1.82) is 0 Å². The largest absolute Gasteiger partial charge is 0.534 e. The summed E-state index contributed by atoms with van der Waals surface area (Å²) in [4.78, 5) is 53.1. The van der Waals surface area contributed by atoms with E-state index >= 15 is 0 Å². The number of rotatable bonds is 3. The summed E-state index contributed by atoms with van der Waals surface area (Å²) >= 11 is 0. The first kappa shape index (κ1) is 23.9. The van der Waals surface area contributed by atoms with E-state index in [-0.39, 0.29) is 22.7 Å². The quantitative estimate of drug-likeness (QED) is 0.418. The lowest BCUT2D eigenvalue weighted by Gasteiger charge is -2.26. The van der Waals surface area contributed by atoms with Crippen molar-refractivity contribution < 1.29 is 33.5 Å². The fourth-order valence-electron chi connectivity index (χ4n) is 1.73. The third-order valence-electron chi connectivity index (χ3n) is 2.42. The molecule has 150 valence electrons. The van der Waals surface area contributed by atoms with Gasteiger partial charge in [0.1, 0.15) is 17.0 Å². The molecule has 0 atom stereocenters. The summed E-state index contributed by atoms with van der Waals surface area (Å²) in [5, 5.41) is 0.139. The number of carbonyl (C=O) groups excluding carboxylic acids is 4. The predicted octanol–water partition coefficient (Wildman–Crippen LogP) is 4.01. The molecule has 26 heavy (non-hydrogen) atoms. The number of carbonyl (C=O) groups is 4. The minimum Gasteiger partial charge on any atom is -0.441 e. The minimum absolute atomic E-state index is 0.132. The van der Waals surface area contributed by atoms with Crippen LogP contribution in [0.3, 0.4) is 0 Å². The van der Waals surface area contributed by atoms with Gasteiger partial charge in [-0.15, -0.1) is 0 Å². The van der Waals surface area contributed by atoms with Crippen LogP contribution in [0.1, 0.15) is 75.2 Å². The standard InChI is InChI=1S/C18H31NO7/c1-16(2,3)11-12(20)10-13(21)19(14(22)24-17(4,5)6)26-15(23)25-18(7,8)9/h10-11H2,1-9H3. The van der Waals surface area contributed by atoms with Crippen LogP contribution in [-0.4, -0.2) is 40.2 Å². The zero-order chi connectivity index (χ0) is 20.9. The first-order valence-corrected chi connectivity index (χ1v) is 8.38. The molecule has 0 saturated heterocycles. The van der Waals surface area contributed by atoms with E-state index in [9.17, 15) is 19.2 Å². The Morgan fingerprint density at radius 3 is 1.62 bits per heavy atom. The highest BCUT2D eigenvalue weighted by molar-refractivity contribution is 6.03. The Hall–Kier alpha value is -2.12. The average molecular weight is 373 g/mol. The van der Waals surface area contributed by atoms with Crippen molar-refractivity contribution in [3.63, 3.8) is 0 Å². The Balaban J connectivity index is 5.25. The number of ketones is 1. The normalized spacial score (nSPS) is 12.2. The fraction of sp³-hybridized carbons (Fsp3) is 0.778. The van der Waals surface area contributed by atoms with Crippen molar-refractivity contribution in [2.45, 2.75) is 86.4 Å². The molecule has 2 amide bonds. The van der Waals surface area contributed by atoms with Crippen LogP contribution in [-0.2, 0) is 23.9 Å². The summed E-state index contributed by atoms with van der Waals surface area (Å²) in [7, 11) is 0. The van der Waals surface area contributed by atoms with Crippen molar-refractivity contribution in [2.24, 2.45) is 5.41 Å². The third kappa shape index (κ3) is 11.4. The van der Waals surface area contributed by atoms with Gasteiger partial charge in [0.15, 0.2) is 0 Å². The maximum atomic E-state index is 12.3. The highest BCUT2D eigenvalue weighted by atomic mass is 16.8. The van der Waals surface area contributed by atoms with Gasteiger partial charge < -0.3 is 9.47 Å². The van der Waals surface area contributed by atoms with Crippen LogP contribution >= 0.6 is 0 Å². The van der Waals surface area contributed by atoms with Crippen molar-refractivity contribution in [2.75, 3.05) is 0 Å². The highest BCUT2D eigenvalue weighted by Crippen LogP contribution is 2.20. The van der Waals surface area contributed by atoms with Crippen LogP contribution in [0.25, 0.3) is 0 Å². The number of amides is 2. The van der Waals surface area contributed by atoms with E-state index in [4.69, 9.17) is 14.3 Å². The topological polar surface area (TPSA) is 99.2 Å². The number of Topliss-reactive ketones (excluding diaryl/α,β-unsaturated/α-hetero) is 1. The van der Waals surface area contributed by atoms with Crippen molar-refractivity contribution in [3.05, 3.63) is 0 Å². The molecule has 0 heterocycles. The second-order valence-electron chi connectivity index (χ2n) is 9.18. The van der Waals surface area contributed by atoms with E-state index in [2.05, 4.69) is 0 Å². The molecule has 8 nitrogen and oxygen atoms in total. The van der Waals surface area contributed by atoms with Crippen LogP contribution in [0.15, 0.2) is 0 Å². The highest BCUT2D eigenvalue weighted by Gasteiger charge is 2.34. The molecule has 0 aliphatic carbocycles. The van der Waals surface area contributed by atoms with Gasteiger partial charge in [-0.2, -0.15) is 0 Å². The molecule has 0 rings (SSSR count). The van der Waals surface area contributed by atoms with Gasteiger partial charge in [0.05, 0.1) is 6.42 Å². The van der Waals surface area contributed by atoms with Gasteiger partial charge in [-0.3, -0.25) is 14.4 Å². The van der Waals surface area contributed by atoms with Crippen molar-refractivity contribution >= 4 is 23.9 Å². The zero-order valence-corrected chi connectivity index (χ0v) is 17.2. The number of hydrogen-bond donors (Lipinski definition) is 0. The maximum Gasteiger partial charge on any atom is 0.534 e. The molecule has 0 aliphatic rings. The van der Waals surface area contributed by atoms with Gasteiger partial charge in [-0.1, -0.05) is 25.8 Å². The smallest absolute Gasteiger partial charge is 0.441 e. The summed E-state index contributed by atoms with van der Waals surface area (Å²) in [6.07, 6.45) is -2.91. The second kappa shape index (κ2) is 8.51. The van der Waals surface area contributed by atoms with Gasteiger partial charge >= 0.3 is 12.2 Å². The van der Waals surface area contributed by atoms with Gasteiger partial charge in [0, 0.05) is 6.42 Å². The third-order valence-corrected chi connectivity index (χ3v) is 2.42. The van der Waals surface area contributed by atoms with Gasteiger partial charge in [-0.05, 0) is 47.0 Å². The van der Waals surface area contributed by atoms with E-state index in [1.54, 1.807) is 41.5 Å². The number of nitrogens with zero attached hydrogens (tertiary/aromatic N) is 1. The van der Waals surface area contributed by atoms with E-state index in [1.165, 1.54) is 0 Å². The first-order chi connectivity index (χ1) is 11.4. The monoisotopic (exact) mass is 373 g/mol. The summed E-state index contributed by atoms with van der Waals surface area (Å²) in [5.41, 5.74) is -2.13. The Morgan fingerprint density at radius 1 is 0.769 bits per heavy atom. The lowest BCUT2D eigenvalue weighted by molar-refractivity contribution is -0.171.